The Morgan fingerprint density at radius 3 is 2.75 bits per heavy atom. The van der Waals surface area contributed by atoms with Gasteiger partial charge in [-0.2, -0.15) is 0 Å². The standard InChI is InChI=1S/C14H16ClFN4/c1-2-3-11-8-14(20-17)19-13(18-11)6-9-4-5-10(16)7-12(9)15/h4-5,7-8H,2-3,6,17H2,1H3,(H,18,19,20). The number of nitrogen functional groups attached to an aromatic ring is 1. The molecule has 2 aromatic rings. The quantitative estimate of drug-likeness (QED) is 0.657. The van der Waals surface area contributed by atoms with Crippen LogP contribution in [0.2, 0.25) is 5.02 Å². The molecule has 0 amide bonds. The van der Waals surface area contributed by atoms with E-state index < -0.39 is 0 Å². The van der Waals surface area contributed by atoms with Crippen LogP contribution in [0.3, 0.4) is 0 Å². The highest BCUT2D eigenvalue weighted by Gasteiger charge is 2.08. The summed E-state index contributed by atoms with van der Waals surface area (Å²) in [5, 5.41) is 0.372. The zero-order chi connectivity index (χ0) is 14.5. The number of hydrazine groups is 1. The summed E-state index contributed by atoms with van der Waals surface area (Å²) in [6.45, 7) is 2.08. The lowest BCUT2D eigenvalue weighted by molar-refractivity contribution is 0.627. The Morgan fingerprint density at radius 1 is 1.30 bits per heavy atom. The van der Waals surface area contributed by atoms with Gasteiger partial charge in [0.1, 0.15) is 17.5 Å². The number of aromatic nitrogens is 2. The number of hydrogen-bond acceptors (Lipinski definition) is 4. The molecule has 6 heteroatoms. The fraction of sp³-hybridized carbons (Fsp3) is 0.286. The number of rotatable bonds is 5. The molecule has 3 N–H and O–H groups in total. The minimum atomic E-state index is -0.358. The maximum Gasteiger partial charge on any atom is 0.143 e. The van der Waals surface area contributed by atoms with Crippen molar-refractivity contribution in [3.05, 3.63) is 52.2 Å². The summed E-state index contributed by atoms with van der Waals surface area (Å²) < 4.78 is 13.0. The summed E-state index contributed by atoms with van der Waals surface area (Å²) in [6.07, 6.45) is 2.27. The van der Waals surface area contributed by atoms with E-state index in [1.807, 2.05) is 6.07 Å². The van der Waals surface area contributed by atoms with Gasteiger partial charge < -0.3 is 5.43 Å². The summed E-state index contributed by atoms with van der Waals surface area (Å²) in [6, 6.07) is 6.12. The Morgan fingerprint density at radius 2 is 2.10 bits per heavy atom. The lowest BCUT2D eigenvalue weighted by Gasteiger charge is -2.08. The monoisotopic (exact) mass is 294 g/mol. The second-order valence-corrected chi connectivity index (χ2v) is 4.87. The molecule has 0 spiro atoms. The van der Waals surface area contributed by atoms with E-state index in [1.165, 1.54) is 12.1 Å². The number of nitrogens with zero attached hydrogens (tertiary/aromatic N) is 2. The van der Waals surface area contributed by atoms with Crippen LogP contribution in [0.15, 0.2) is 24.3 Å². The van der Waals surface area contributed by atoms with Crippen LogP contribution in [0, 0.1) is 5.82 Å². The van der Waals surface area contributed by atoms with Crippen molar-refractivity contribution in [3.8, 4) is 0 Å². The van der Waals surface area contributed by atoms with Crippen molar-refractivity contribution in [1.82, 2.24) is 9.97 Å². The topological polar surface area (TPSA) is 63.8 Å². The number of anilines is 1. The molecule has 0 fully saturated rings. The first-order chi connectivity index (χ1) is 9.62. The lowest BCUT2D eigenvalue weighted by atomic mass is 10.1. The van der Waals surface area contributed by atoms with Crippen molar-refractivity contribution in [3.63, 3.8) is 0 Å². The van der Waals surface area contributed by atoms with E-state index >= 15 is 0 Å². The van der Waals surface area contributed by atoms with Gasteiger partial charge in [-0.15, -0.1) is 0 Å². The molecule has 1 heterocycles. The molecule has 0 bridgehead atoms. The van der Waals surface area contributed by atoms with Crippen LogP contribution < -0.4 is 11.3 Å². The summed E-state index contributed by atoms with van der Waals surface area (Å²) in [5.41, 5.74) is 4.23. The first kappa shape index (κ1) is 14.7. The van der Waals surface area contributed by atoms with E-state index in [0.717, 1.165) is 24.1 Å². The fourth-order valence-corrected chi connectivity index (χ4v) is 2.16. The summed E-state index contributed by atoms with van der Waals surface area (Å²) >= 11 is 6.02. The predicted octanol–water partition coefficient (Wildman–Crippen LogP) is 3.10. The molecule has 4 nitrogen and oxygen atoms in total. The predicted molar refractivity (Wildman–Crippen MR) is 78.1 cm³/mol. The highest BCUT2D eigenvalue weighted by atomic mass is 35.5. The van der Waals surface area contributed by atoms with E-state index in [1.54, 1.807) is 6.07 Å². The molecule has 0 aliphatic carbocycles. The van der Waals surface area contributed by atoms with Gasteiger partial charge in [0, 0.05) is 23.2 Å². The van der Waals surface area contributed by atoms with Gasteiger partial charge in [0.15, 0.2) is 0 Å². The molecular weight excluding hydrogens is 279 g/mol. The van der Waals surface area contributed by atoms with Gasteiger partial charge in [0.05, 0.1) is 0 Å². The molecule has 0 saturated carbocycles. The maximum atomic E-state index is 13.0. The normalized spacial score (nSPS) is 10.6. The molecule has 0 saturated heterocycles. The van der Waals surface area contributed by atoms with Gasteiger partial charge in [-0.05, 0) is 24.1 Å². The van der Waals surface area contributed by atoms with E-state index in [2.05, 4.69) is 22.3 Å². The molecule has 0 aliphatic heterocycles. The molecule has 1 aromatic heterocycles. The summed E-state index contributed by atoms with van der Waals surface area (Å²) in [7, 11) is 0. The summed E-state index contributed by atoms with van der Waals surface area (Å²) in [5.74, 6) is 6.23. The minimum Gasteiger partial charge on any atom is -0.308 e. The summed E-state index contributed by atoms with van der Waals surface area (Å²) in [4.78, 5) is 8.76. The second-order valence-electron chi connectivity index (χ2n) is 4.47. The Balaban J connectivity index is 2.29. The van der Waals surface area contributed by atoms with Crippen molar-refractivity contribution in [2.75, 3.05) is 5.43 Å². The van der Waals surface area contributed by atoms with Crippen LogP contribution in [0.25, 0.3) is 0 Å². The zero-order valence-electron chi connectivity index (χ0n) is 11.2. The first-order valence-corrected chi connectivity index (χ1v) is 6.77. The first-order valence-electron chi connectivity index (χ1n) is 6.39. The van der Waals surface area contributed by atoms with Gasteiger partial charge in [-0.3, -0.25) is 0 Å². The number of nitrogens with two attached hydrogens (primary N) is 1. The van der Waals surface area contributed by atoms with Gasteiger partial charge in [0.2, 0.25) is 0 Å². The molecule has 0 aliphatic rings. The second kappa shape index (κ2) is 6.63. The third-order valence-electron chi connectivity index (χ3n) is 2.84. The average Bonchev–Trinajstić information content (AvgIpc) is 2.42. The average molecular weight is 295 g/mol. The van der Waals surface area contributed by atoms with Crippen molar-refractivity contribution in [1.29, 1.82) is 0 Å². The molecule has 0 radical (unpaired) electrons. The molecule has 1 aromatic carbocycles. The van der Waals surface area contributed by atoms with Crippen molar-refractivity contribution in [2.24, 2.45) is 5.84 Å². The SMILES string of the molecule is CCCc1cc(NN)nc(Cc2ccc(F)cc2Cl)n1. The smallest absolute Gasteiger partial charge is 0.143 e. The van der Waals surface area contributed by atoms with Crippen LogP contribution in [0.5, 0.6) is 0 Å². The number of benzene rings is 1. The van der Waals surface area contributed by atoms with E-state index in [-0.39, 0.29) is 5.82 Å². The Bertz CT molecular complexity index is 604. The molecule has 106 valence electrons. The Hall–Kier alpha value is -1.72. The van der Waals surface area contributed by atoms with Crippen molar-refractivity contribution >= 4 is 17.4 Å². The highest BCUT2D eigenvalue weighted by Crippen LogP contribution is 2.20. The number of hydrogen-bond donors (Lipinski definition) is 2. The number of halogens is 2. The van der Waals surface area contributed by atoms with Crippen molar-refractivity contribution < 1.29 is 4.39 Å². The van der Waals surface area contributed by atoms with Crippen molar-refractivity contribution in [2.45, 2.75) is 26.2 Å². The van der Waals surface area contributed by atoms with E-state index in [9.17, 15) is 4.39 Å². The minimum absolute atomic E-state index is 0.358. The zero-order valence-corrected chi connectivity index (χ0v) is 11.9. The Kier molecular flexibility index (Phi) is 4.87. The van der Waals surface area contributed by atoms with Gasteiger partial charge in [-0.1, -0.05) is 31.0 Å². The van der Waals surface area contributed by atoms with Crippen LogP contribution >= 0.6 is 11.6 Å². The fourth-order valence-electron chi connectivity index (χ4n) is 1.92. The maximum absolute atomic E-state index is 13.0. The number of aryl methyl sites for hydroxylation is 1. The van der Waals surface area contributed by atoms with E-state index in [4.69, 9.17) is 17.4 Å². The van der Waals surface area contributed by atoms with Crippen LogP contribution in [-0.2, 0) is 12.8 Å². The van der Waals surface area contributed by atoms with Crippen LogP contribution in [-0.4, -0.2) is 9.97 Å². The Labute approximate surface area is 122 Å². The third kappa shape index (κ3) is 3.65. The van der Waals surface area contributed by atoms with Crippen LogP contribution in [0.1, 0.15) is 30.4 Å². The highest BCUT2D eigenvalue weighted by molar-refractivity contribution is 6.31. The van der Waals surface area contributed by atoms with Crippen LogP contribution in [0.4, 0.5) is 10.2 Å². The largest absolute Gasteiger partial charge is 0.308 e. The van der Waals surface area contributed by atoms with Gasteiger partial charge in [-0.25, -0.2) is 20.2 Å². The van der Waals surface area contributed by atoms with Gasteiger partial charge >= 0.3 is 0 Å². The third-order valence-corrected chi connectivity index (χ3v) is 3.20. The molecule has 20 heavy (non-hydrogen) atoms. The van der Waals surface area contributed by atoms with E-state index in [0.29, 0.717) is 23.1 Å². The molecule has 0 atom stereocenters. The molecule has 0 unspecified atom stereocenters. The number of nitrogens with one attached hydrogen (secondary N) is 1. The molecule has 2 rings (SSSR count). The lowest BCUT2D eigenvalue weighted by Crippen LogP contribution is -2.12. The van der Waals surface area contributed by atoms with Gasteiger partial charge in [0.25, 0.3) is 0 Å². The molecular formula is C14H16ClFN4.